The van der Waals surface area contributed by atoms with E-state index in [2.05, 4.69) is 11.6 Å². The Labute approximate surface area is 101 Å². The second-order valence-corrected chi connectivity index (χ2v) is 3.58. The normalized spacial score (nSPS) is 11.5. The molecule has 0 aliphatic heterocycles. The Morgan fingerprint density at radius 2 is 2.24 bits per heavy atom. The molecular formula is C14H14N2O. The van der Waals surface area contributed by atoms with E-state index < -0.39 is 0 Å². The van der Waals surface area contributed by atoms with E-state index in [4.69, 9.17) is 5.26 Å². The first-order valence-electron chi connectivity index (χ1n) is 5.18. The molecule has 0 radical (unpaired) electrons. The molecule has 17 heavy (non-hydrogen) atoms. The molecule has 1 N–H and O–H groups in total. The van der Waals surface area contributed by atoms with Gasteiger partial charge in [0.25, 0.3) is 0 Å². The van der Waals surface area contributed by atoms with Crippen molar-refractivity contribution in [1.82, 2.24) is 0 Å². The van der Waals surface area contributed by atoms with Crippen LogP contribution in [0, 0.1) is 11.3 Å². The highest BCUT2D eigenvalue weighted by Crippen LogP contribution is 2.22. The number of benzene rings is 1. The number of nitrogens with zero attached hydrogens (tertiary/aromatic N) is 2. The molecule has 0 saturated carbocycles. The topological polar surface area (TPSA) is 56.4 Å². The molecule has 0 fully saturated rings. The van der Waals surface area contributed by atoms with Gasteiger partial charge in [-0.15, -0.1) is 0 Å². The van der Waals surface area contributed by atoms with Crippen molar-refractivity contribution < 1.29 is 5.11 Å². The van der Waals surface area contributed by atoms with Gasteiger partial charge in [-0.3, -0.25) is 4.99 Å². The van der Waals surface area contributed by atoms with Gasteiger partial charge in [0, 0.05) is 11.9 Å². The van der Waals surface area contributed by atoms with Crippen molar-refractivity contribution in [1.29, 1.82) is 5.26 Å². The highest BCUT2D eigenvalue weighted by Gasteiger charge is 2.03. The van der Waals surface area contributed by atoms with Gasteiger partial charge in [-0.25, -0.2) is 0 Å². The van der Waals surface area contributed by atoms with Crippen LogP contribution in [0.25, 0.3) is 5.57 Å². The summed E-state index contributed by atoms with van der Waals surface area (Å²) < 4.78 is 0. The Hall–Kier alpha value is -2.34. The van der Waals surface area contributed by atoms with E-state index in [0.717, 1.165) is 11.1 Å². The van der Waals surface area contributed by atoms with Crippen molar-refractivity contribution in [3.63, 3.8) is 0 Å². The number of phenols is 1. The van der Waals surface area contributed by atoms with E-state index in [-0.39, 0.29) is 11.3 Å². The third kappa shape index (κ3) is 3.32. The van der Waals surface area contributed by atoms with Gasteiger partial charge in [-0.1, -0.05) is 18.7 Å². The van der Waals surface area contributed by atoms with Crippen LogP contribution in [0.3, 0.4) is 0 Å². The fraction of sp³-hybridized carbons (Fsp3) is 0.143. The van der Waals surface area contributed by atoms with Gasteiger partial charge >= 0.3 is 0 Å². The molecule has 0 unspecified atom stereocenters. The Morgan fingerprint density at radius 3 is 2.71 bits per heavy atom. The molecule has 0 bridgehead atoms. The second-order valence-electron chi connectivity index (χ2n) is 3.58. The van der Waals surface area contributed by atoms with Crippen LogP contribution in [0.15, 0.2) is 41.5 Å². The number of hydrogen-bond donors (Lipinski definition) is 1. The summed E-state index contributed by atoms with van der Waals surface area (Å²) in [7, 11) is 0. The number of rotatable bonds is 3. The molecule has 0 aliphatic carbocycles. The quantitative estimate of drug-likeness (QED) is 0.804. The smallest absolute Gasteiger partial charge is 0.133 e. The van der Waals surface area contributed by atoms with Crippen LogP contribution >= 0.6 is 0 Å². The zero-order chi connectivity index (χ0) is 12.8. The van der Waals surface area contributed by atoms with Gasteiger partial charge in [0.2, 0.25) is 0 Å². The zero-order valence-corrected chi connectivity index (χ0v) is 9.94. The van der Waals surface area contributed by atoms with E-state index in [1.165, 1.54) is 0 Å². The van der Waals surface area contributed by atoms with Gasteiger partial charge in [-0.2, -0.15) is 5.26 Å². The minimum atomic E-state index is -0.0203. The summed E-state index contributed by atoms with van der Waals surface area (Å²) in [6, 6.07) is 6.83. The van der Waals surface area contributed by atoms with Crippen molar-refractivity contribution in [2.75, 3.05) is 0 Å². The van der Waals surface area contributed by atoms with Crippen molar-refractivity contribution in [2.24, 2.45) is 4.99 Å². The van der Waals surface area contributed by atoms with E-state index in [0.29, 0.717) is 5.70 Å². The Balaban J connectivity index is 3.11. The second kappa shape index (κ2) is 5.66. The van der Waals surface area contributed by atoms with Crippen molar-refractivity contribution in [2.45, 2.75) is 13.8 Å². The lowest BCUT2D eigenvalue weighted by molar-refractivity contribution is 0.473. The maximum absolute atomic E-state index is 9.60. The molecular weight excluding hydrogens is 212 g/mol. The first kappa shape index (κ1) is 12.7. The summed E-state index contributed by atoms with van der Waals surface area (Å²) in [5, 5.41) is 18.3. The van der Waals surface area contributed by atoms with Crippen LogP contribution in [0.5, 0.6) is 5.75 Å². The number of aliphatic imine (C=N–C) groups is 1. The molecule has 0 saturated heterocycles. The summed E-state index contributed by atoms with van der Waals surface area (Å²) in [4.78, 5) is 4.11. The standard InChI is InChI=1S/C14H14N2O/c1-4-11(9-16-10(2)3)12-5-6-13(8-15)14(17)7-12/h4-7,9,17H,2H2,1,3H3/b11-4+,16-9-. The predicted octanol–water partition coefficient (Wildman–Crippen LogP) is 3.27. The van der Waals surface area contributed by atoms with Gasteiger partial charge in [0.15, 0.2) is 0 Å². The van der Waals surface area contributed by atoms with E-state index in [1.807, 2.05) is 19.1 Å². The minimum Gasteiger partial charge on any atom is -0.507 e. The van der Waals surface area contributed by atoms with Crippen molar-refractivity contribution >= 4 is 11.8 Å². The van der Waals surface area contributed by atoms with E-state index in [1.54, 1.807) is 31.3 Å². The van der Waals surface area contributed by atoms with Crippen molar-refractivity contribution in [3.8, 4) is 11.8 Å². The van der Waals surface area contributed by atoms with Crippen LogP contribution in [0.4, 0.5) is 0 Å². The molecule has 1 aromatic rings. The molecule has 0 atom stereocenters. The number of phenolic OH excluding ortho intramolecular Hbond substituents is 1. The number of aromatic hydroxyl groups is 1. The van der Waals surface area contributed by atoms with Crippen molar-refractivity contribution in [3.05, 3.63) is 47.7 Å². The molecule has 0 aliphatic rings. The lowest BCUT2D eigenvalue weighted by Crippen LogP contribution is -1.87. The Kier molecular flexibility index (Phi) is 4.24. The maximum Gasteiger partial charge on any atom is 0.133 e. The van der Waals surface area contributed by atoms with E-state index >= 15 is 0 Å². The Bertz CT molecular complexity index is 534. The molecule has 86 valence electrons. The average molecular weight is 226 g/mol. The minimum absolute atomic E-state index is 0.0203. The summed E-state index contributed by atoms with van der Waals surface area (Å²) in [5.74, 6) is -0.0203. The molecule has 3 nitrogen and oxygen atoms in total. The number of nitriles is 1. The SMILES string of the molecule is C=C(C)/N=C\C(=C/C)c1ccc(C#N)c(O)c1. The summed E-state index contributed by atoms with van der Waals surface area (Å²) in [6.45, 7) is 7.37. The maximum atomic E-state index is 9.60. The molecule has 0 spiro atoms. The van der Waals surface area contributed by atoms with Gasteiger partial charge in [-0.05, 0) is 37.1 Å². The molecule has 1 rings (SSSR count). The summed E-state index contributed by atoms with van der Waals surface area (Å²) >= 11 is 0. The van der Waals surface area contributed by atoms with E-state index in [9.17, 15) is 5.11 Å². The fourth-order valence-corrected chi connectivity index (χ4v) is 1.30. The fourth-order valence-electron chi connectivity index (χ4n) is 1.30. The van der Waals surface area contributed by atoms with Crippen LogP contribution in [0.1, 0.15) is 25.0 Å². The summed E-state index contributed by atoms with van der Waals surface area (Å²) in [5.41, 5.74) is 2.66. The van der Waals surface area contributed by atoms with Gasteiger partial charge in [0.1, 0.15) is 11.8 Å². The molecule has 0 aromatic heterocycles. The molecule has 0 heterocycles. The number of hydrogen-bond acceptors (Lipinski definition) is 3. The number of allylic oxidation sites excluding steroid dienone is 3. The Morgan fingerprint density at radius 1 is 1.53 bits per heavy atom. The highest BCUT2D eigenvalue weighted by molar-refractivity contribution is 6.10. The first-order valence-corrected chi connectivity index (χ1v) is 5.18. The van der Waals surface area contributed by atoms with Crippen LogP contribution < -0.4 is 0 Å². The molecule has 1 aromatic carbocycles. The lowest BCUT2D eigenvalue weighted by Gasteiger charge is -2.03. The van der Waals surface area contributed by atoms with Gasteiger partial charge in [0.05, 0.1) is 5.56 Å². The monoisotopic (exact) mass is 226 g/mol. The third-order valence-electron chi connectivity index (χ3n) is 2.19. The molecule has 3 heteroatoms. The first-order chi connectivity index (χ1) is 8.08. The van der Waals surface area contributed by atoms with Crippen LogP contribution in [-0.2, 0) is 0 Å². The summed E-state index contributed by atoms with van der Waals surface area (Å²) in [6.07, 6.45) is 3.57. The average Bonchev–Trinajstić information content (AvgIpc) is 2.29. The predicted molar refractivity (Wildman–Crippen MR) is 69.8 cm³/mol. The molecule has 0 amide bonds. The van der Waals surface area contributed by atoms with Gasteiger partial charge < -0.3 is 5.11 Å². The lowest BCUT2D eigenvalue weighted by atomic mass is 10.0. The zero-order valence-electron chi connectivity index (χ0n) is 9.94. The third-order valence-corrected chi connectivity index (χ3v) is 2.19. The van der Waals surface area contributed by atoms with Crippen LogP contribution in [0.2, 0.25) is 0 Å². The van der Waals surface area contributed by atoms with Crippen LogP contribution in [-0.4, -0.2) is 11.3 Å². The largest absolute Gasteiger partial charge is 0.507 e. The highest BCUT2D eigenvalue weighted by atomic mass is 16.3.